The van der Waals surface area contributed by atoms with Crippen molar-refractivity contribution in [1.82, 2.24) is 9.80 Å². The predicted octanol–water partition coefficient (Wildman–Crippen LogP) is 1.74. The third-order valence-electron chi connectivity index (χ3n) is 5.14. The minimum absolute atomic E-state index is 0.224. The molecule has 3 aliphatic heterocycles. The normalized spacial score (nSPS) is 32.0. The van der Waals surface area contributed by atoms with Gasteiger partial charge in [0.1, 0.15) is 0 Å². The van der Waals surface area contributed by atoms with E-state index in [9.17, 15) is 4.79 Å². The summed E-state index contributed by atoms with van der Waals surface area (Å²) >= 11 is 0. The molecule has 0 aliphatic carbocycles. The molecule has 2 atom stereocenters. The van der Waals surface area contributed by atoms with E-state index in [1.54, 1.807) is 0 Å². The molecule has 0 radical (unpaired) electrons. The van der Waals surface area contributed by atoms with E-state index >= 15 is 0 Å². The van der Waals surface area contributed by atoms with Gasteiger partial charge in [0.25, 0.3) is 0 Å². The molecule has 0 aromatic heterocycles. The van der Waals surface area contributed by atoms with Gasteiger partial charge in [-0.05, 0) is 31.6 Å². The fourth-order valence-electron chi connectivity index (χ4n) is 4.22. The van der Waals surface area contributed by atoms with Crippen LogP contribution in [0.5, 0.6) is 0 Å². The molecule has 0 aromatic rings. The van der Waals surface area contributed by atoms with Crippen molar-refractivity contribution >= 4 is 5.91 Å². The maximum Gasteiger partial charge on any atom is 0.226 e. The number of likely N-dealkylation sites (tertiary alicyclic amines) is 2. The highest BCUT2D eigenvalue weighted by atomic mass is 16.5. The quantitative estimate of drug-likeness (QED) is 0.789. The number of hydrogen-bond donors (Lipinski definition) is 0. The lowest BCUT2D eigenvalue weighted by Gasteiger charge is -2.30. The van der Waals surface area contributed by atoms with Gasteiger partial charge >= 0.3 is 0 Å². The van der Waals surface area contributed by atoms with Crippen LogP contribution < -0.4 is 0 Å². The lowest BCUT2D eigenvalue weighted by atomic mass is 9.98. The summed E-state index contributed by atoms with van der Waals surface area (Å²) in [7, 11) is 0. The van der Waals surface area contributed by atoms with Gasteiger partial charge < -0.3 is 9.64 Å². The van der Waals surface area contributed by atoms with E-state index in [0.29, 0.717) is 23.9 Å². The molecule has 0 aromatic carbocycles. The number of carbonyl (C=O) groups excluding carboxylic acids is 1. The van der Waals surface area contributed by atoms with E-state index in [-0.39, 0.29) is 5.92 Å². The van der Waals surface area contributed by atoms with Gasteiger partial charge in [-0.15, -0.1) is 0 Å². The molecule has 0 N–H and O–H groups in total. The summed E-state index contributed by atoms with van der Waals surface area (Å²) < 4.78 is 5.38. The van der Waals surface area contributed by atoms with Crippen LogP contribution in [0.15, 0.2) is 0 Å². The zero-order valence-electron chi connectivity index (χ0n) is 12.9. The van der Waals surface area contributed by atoms with Crippen molar-refractivity contribution < 1.29 is 9.53 Å². The zero-order chi connectivity index (χ0) is 14.1. The van der Waals surface area contributed by atoms with E-state index in [2.05, 4.69) is 23.6 Å². The van der Waals surface area contributed by atoms with Crippen molar-refractivity contribution in [1.29, 1.82) is 0 Å². The zero-order valence-corrected chi connectivity index (χ0v) is 12.9. The topological polar surface area (TPSA) is 32.8 Å². The van der Waals surface area contributed by atoms with Crippen molar-refractivity contribution in [3.05, 3.63) is 0 Å². The lowest BCUT2D eigenvalue weighted by molar-refractivity contribution is -0.139. The maximum atomic E-state index is 12.7. The number of rotatable bonds is 3. The van der Waals surface area contributed by atoms with Crippen LogP contribution in [0.3, 0.4) is 0 Å². The monoisotopic (exact) mass is 280 g/mol. The van der Waals surface area contributed by atoms with Gasteiger partial charge in [-0.25, -0.2) is 0 Å². The Balaban J connectivity index is 1.61. The van der Waals surface area contributed by atoms with Gasteiger partial charge in [0.05, 0.1) is 0 Å². The predicted molar refractivity (Wildman–Crippen MR) is 78.5 cm³/mol. The highest BCUT2D eigenvalue weighted by molar-refractivity contribution is 5.79. The minimum atomic E-state index is 0.224. The number of ether oxygens (including phenoxy) is 1. The number of nitrogens with zero attached hydrogens (tertiary/aromatic N) is 2. The van der Waals surface area contributed by atoms with Gasteiger partial charge in [0.2, 0.25) is 5.91 Å². The second-order valence-electron chi connectivity index (χ2n) is 7.02. The highest BCUT2D eigenvalue weighted by Gasteiger charge is 2.45. The Hall–Kier alpha value is -0.610. The van der Waals surface area contributed by atoms with Crippen molar-refractivity contribution in [3.63, 3.8) is 0 Å². The van der Waals surface area contributed by atoms with Gasteiger partial charge in [-0.2, -0.15) is 0 Å². The van der Waals surface area contributed by atoms with Crippen molar-refractivity contribution in [2.24, 2.45) is 11.8 Å². The van der Waals surface area contributed by atoms with Gasteiger partial charge in [0.15, 0.2) is 0 Å². The molecule has 0 bridgehead atoms. The molecule has 0 saturated carbocycles. The van der Waals surface area contributed by atoms with E-state index in [4.69, 9.17) is 4.74 Å². The van der Waals surface area contributed by atoms with Gasteiger partial charge in [-0.1, -0.05) is 13.8 Å². The summed E-state index contributed by atoms with van der Waals surface area (Å²) in [5, 5.41) is 0. The Morgan fingerprint density at radius 1 is 1.10 bits per heavy atom. The average molecular weight is 280 g/mol. The molecular weight excluding hydrogens is 252 g/mol. The average Bonchev–Trinajstić information content (AvgIpc) is 3.02. The highest BCUT2D eigenvalue weighted by Crippen LogP contribution is 2.34. The molecule has 4 nitrogen and oxygen atoms in total. The van der Waals surface area contributed by atoms with Gasteiger partial charge in [0, 0.05) is 50.8 Å². The Bertz CT molecular complexity index is 352. The summed E-state index contributed by atoms with van der Waals surface area (Å²) in [6.45, 7) is 9.42. The third-order valence-corrected chi connectivity index (χ3v) is 5.14. The second kappa shape index (κ2) is 6.02. The first-order valence-corrected chi connectivity index (χ1v) is 8.29. The second-order valence-corrected chi connectivity index (χ2v) is 7.02. The first-order valence-electron chi connectivity index (χ1n) is 8.29. The molecule has 3 fully saturated rings. The molecule has 20 heavy (non-hydrogen) atoms. The van der Waals surface area contributed by atoms with Crippen LogP contribution >= 0.6 is 0 Å². The first kappa shape index (κ1) is 14.3. The van der Waals surface area contributed by atoms with Crippen LogP contribution in [0.4, 0.5) is 0 Å². The Kier molecular flexibility index (Phi) is 4.32. The third kappa shape index (κ3) is 2.73. The minimum Gasteiger partial charge on any atom is -0.381 e. The lowest BCUT2D eigenvalue weighted by Crippen LogP contribution is -2.44. The number of hydrogen-bond acceptors (Lipinski definition) is 3. The van der Waals surface area contributed by atoms with E-state index in [0.717, 1.165) is 32.6 Å². The summed E-state index contributed by atoms with van der Waals surface area (Å²) in [5.41, 5.74) is 0. The van der Waals surface area contributed by atoms with Crippen LogP contribution in [0, 0.1) is 11.8 Å². The Morgan fingerprint density at radius 3 is 2.50 bits per heavy atom. The molecule has 3 saturated heterocycles. The fourth-order valence-corrected chi connectivity index (χ4v) is 4.22. The molecule has 114 valence electrons. The Labute approximate surface area is 122 Å². The van der Waals surface area contributed by atoms with E-state index < -0.39 is 0 Å². The fraction of sp³-hybridized carbons (Fsp3) is 0.938. The maximum absolute atomic E-state index is 12.7. The van der Waals surface area contributed by atoms with E-state index in [1.165, 1.54) is 25.9 Å². The molecule has 3 rings (SSSR count). The van der Waals surface area contributed by atoms with Crippen molar-refractivity contribution in [3.8, 4) is 0 Å². The van der Waals surface area contributed by atoms with Gasteiger partial charge in [-0.3, -0.25) is 9.69 Å². The number of fused-ring (bicyclic) bond motifs is 1. The smallest absolute Gasteiger partial charge is 0.226 e. The SMILES string of the molecule is CC(C)CN1CC[C@@H]2[C@@H]1CCN2C(=O)C1CCOCC1. The Morgan fingerprint density at radius 2 is 1.80 bits per heavy atom. The summed E-state index contributed by atoms with van der Waals surface area (Å²) in [6, 6.07) is 1.12. The van der Waals surface area contributed by atoms with Crippen LogP contribution in [-0.2, 0) is 9.53 Å². The van der Waals surface area contributed by atoms with E-state index in [1.807, 2.05) is 0 Å². The van der Waals surface area contributed by atoms with Crippen molar-refractivity contribution in [2.75, 3.05) is 32.8 Å². The van der Waals surface area contributed by atoms with Crippen LogP contribution in [0.25, 0.3) is 0 Å². The molecule has 4 heteroatoms. The van der Waals surface area contributed by atoms with Crippen molar-refractivity contribution in [2.45, 2.75) is 51.6 Å². The first-order chi connectivity index (χ1) is 9.66. The molecular formula is C16H28N2O2. The largest absolute Gasteiger partial charge is 0.381 e. The summed E-state index contributed by atoms with van der Waals surface area (Å²) in [4.78, 5) is 17.6. The molecule has 3 aliphatic rings. The van der Waals surface area contributed by atoms with Crippen LogP contribution in [0.1, 0.15) is 39.5 Å². The summed E-state index contributed by atoms with van der Waals surface area (Å²) in [6.07, 6.45) is 4.18. The number of carbonyl (C=O) groups is 1. The molecule has 1 amide bonds. The number of amides is 1. The molecule has 3 heterocycles. The standard InChI is InChI=1S/C16H28N2O2/c1-12(2)11-17-7-3-15-14(17)4-8-18(15)16(19)13-5-9-20-10-6-13/h12-15H,3-11H2,1-2H3/t14-,15+/m0/s1. The molecule has 0 unspecified atom stereocenters. The van der Waals surface area contributed by atoms with Crippen LogP contribution in [-0.4, -0.2) is 60.6 Å². The molecule has 0 spiro atoms. The van der Waals surface area contributed by atoms with Crippen LogP contribution in [0.2, 0.25) is 0 Å². The summed E-state index contributed by atoms with van der Waals surface area (Å²) in [5.74, 6) is 1.35.